The largest absolute Gasteiger partial charge is 0.298 e. The zero-order valence-electron chi connectivity index (χ0n) is 15.1. The van der Waals surface area contributed by atoms with Gasteiger partial charge in [0.15, 0.2) is 5.13 Å². The number of rotatable bonds is 5. The van der Waals surface area contributed by atoms with Gasteiger partial charge in [0.2, 0.25) is 0 Å². The van der Waals surface area contributed by atoms with Crippen molar-refractivity contribution in [2.24, 2.45) is 0 Å². The molecule has 0 fully saturated rings. The topological polar surface area (TPSA) is 45.2 Å². The lowest BCUT2D eigenvalue weighted by Gasteiger charge is -2.25. The molecule has 1 N–H and O–H groups in total. The van der Waals surface area contributed by atoms with Crippen LogP contribution in [0.1, 0.15) is 26.5 Å². The minimum atomic E-state index is -0.102. The average Bonchev–Trinajstić information content (AvgIpc) is 3.10. The summed E-state index contributed by atoms with van der Waals surface area (Å²) in [6.45, 7) is 2.83. The monoisotopic (exact) mass is 395 g/mol. The van der Waals surface area contributed by atoms with Crippen molar-refractivity contribution in [1.82, 2.24) is 9.88 Å². The number of carbonyl (C=O) groups excluding carboxylic acids is 1. The number of nitrogens with zero attached hydrogens (tertiary/aromatic N) is 2. The molecule has 0 aliphatic carbocycles. The average molecular weight is 396 g/mol. The molecule has 4 rings (SSSR count). The molecule has 0 unspecified atom stereocenters. The Kier molecular flexibility index (Phi) is 5.57. The Balaban J connectivity index is 1.41. The molecular formula is C21H21N3OS2. The summed E-state index contributed by atoms with van der Waals surface area (Å²) in [5.74, 6) is -0.102. The van der Waals surface area contributed by atoms with E-state index < -0.39 is 0 Å². The molecule has 1 aliphatic heterocycles. The fraction of sp³-hybridized carbons (Fsp3) is 0.238. The standard InChI is InChI=1S/C21H21N3OS2/c1-26-17-9-7-16(8-10-17)20(25)23-21-22-18-11-12-24(14-19(18)27-21)13-15-5-3-2-4-6-15/h2-10H,11-14H2,1H3,(H,22,23,25). The minimum Gasteiger partial charge on any atom is -0.298 e. The van der Waals surface area contributed by atoms with E-state index in [-0.39, 0.29) is 5.91 Å². The first-order chi connectivity index (χ1) is 13.2. The number of thiazole rings is 1. The number of benzene rings is 2. The van der Waals surface area contributed by atoms with Crippen molar-refractivity contribution in [2.45, 2.75) is 24.4 Å². The van der Waals surface area contributed by atoms with E-state index in [1.165, 1.54) is 10.4 Å². The molecular weight excluding hydrogens is 374 g/mol. The number of fused-ring (bicyclic) bond motifs is 1. The summed E-state index contributed by atoms with van der Waals surface area (Å²) in [5.41, 5.74) is 3.11. The van der Waals surface area contributed by atoms with E-state index in [1.807, 2.05) is 36.6 Å². The Bertz CT molecular complexity index is 922. The van der Waals surface area contributed by atoms with E-state index in [4.69, 9.17) is 0 Å². The van der Waals surface area contributed by atoms with Crippen molar-refractivity contribution in [3.8, 4) is 0 Å². The number of hydrogen-bond donors (Lipinski definition) is 1. The van der Waals surface area contributed by atoms with Crippen molar-refractivity contribution in [3.63, 3.8) is 0 Å². The van der Waals surface area contributed by atoms with Crippen LogP contribution in [0.4, 0.5) is 5.13 Å². The van der Waals surface area contributed by atoms with Gasteiger partial charge in [0.05, 0.1) is 5.69 Å². The summed E-state index contributed by atoms with van der Waals surface area (Å²) in [5, 5.41) is 3.66. The fourth-order valence-electron chi connectivity index (χ4n) is 3.19. The Morgan fingerprint density at radius 2 is 1.96 bits per heavy atom. The Morgan fingerprint density at radius 1 is 1.19 bits per heavy atom. The highest BCUT2D eigenvalue weighted by Gasteiger charge is 2.21. The number of thioether (sulfide) groups is 1. The summed E-state index contributed by atoms with van der Waals surface area (Å²) in [6.07, 6.45) is 2.95. The van der Waals surface area contributed by atoms with Crippen LogP contribution in [-0.2, 0) is 19.5 Å². The third-order valence-corrected chi connectivity index (χ3v) is 6.37. The highest BCUT2D eigenvalue weighted by atomic mass is 32.2. The van der Waals surface area contributed by atoms with Gasteiger partial charge in [-0.25, -0.2) is 4.98 Å². The number of hydrogen-bond acceptors (Lipinski definition) is 5. The van der Waals surface area contributed by atoms with E-state index in [9.17, 15) is 4.79 Å². The lowest BCUT2D eigenvalue weighted by molar-refractivity contribution is 0.102. The van der Waals surface area contributed by atoms with Gasteiger partial charge in [0.25, 0.3) is 5.91 Å². The van der Waals surface area contributed by atoms with E-state index >= 15 is 0 Å². The van der Waals surface area contributed by atoms with E-state index in [0.29, 0.717) is 10.7 Å². The summed E-state index contributed by atoms with van der Waals surface area (Å²) in [6, 6.07) is 18.2. The third kappa shape index (κ3) is 4.40. The minimum absolute atomic E-state index is 0.102. The van der Waals surface area contributed by atoms with Crippen LogP contribution >= 0.6 is 23.1 Å². The maximum absolute atomic E-state index is 12.5. The first-order valence-electron chi connectivity index (χ1n) is 8.91. The molecule has 138 valence electrons. The van der Waals surface area contributed by atoms with E-state index in [0.717, 1.165) is 36.6 Å². The Labute approximate surface area is 167 Å². The molecule has 1 aliphatic rings. The van der Waals surface area contributed by atoms with Crippen molar-refractivity contribution < 1.29 is 4.79 Å². The number of amides is 1. The van der Waals surface area contributed by atoms with Gasteiger partial charge in [-0.15, -0.1) is 23.1 Å². The van der Waals surface area contributed by atoms with Crippen molar-refractivity contribution in [1.29, 1.82) is 0 Å². The van der Waals surface area contributed by atoms with Gasteiger partial charge in [-0.2, -0.15) is 0 Å². The molecule has 0 saturated heterocycles. The van der Waals surface area contributed by atoms with Crippen LogP contribution in [0.5, 0.6) is 0 Å². The lowest BCUT2D eigenvalue weighted by Crippen LogP contribution is -2.29. The SMILES string of the molecule is CSc1ccc(C(=O)Nc2nc3c(s2)CN(Cc2ccccc2)CC3)cc1. The molecule has 0 saturated carbocycles. The first kappa shape index (κ1) is 18.2. The summed E-state index contributed by atoms with van der Waals surface area (Å²) in [4.78, 5) is 22.0. The zero-order valence-corrected chi connectivity index (χ0v) is 16.8. The highest BCUT2D eigenvalue weighted by molar-refractivity contribution is 7.98. The fourth-order valence-corrected chi connectivity index (χ4v) is 4.64. The number of carbonyl (C=O) groups is 1. The van der Waals surface area contributed by atoms with Crippen LogP contribution < -0.4 is 5.32 Å². The molecule has 1 aromatic heterocycles. The molecule has 0 spiro atoms. The third-order valence-electron chi connectivity index (χ3n) is 4.63. The highest BCUT2D eigenvalue weighted by Crippen LogP contribution is 2.29. The van der Waals surface area contributed by atoms with Crippen LogP contribution in [0.2, 0.25) is 0 Å². The Morgan fingerprint density at radius 3 is 2.70 bits per heavy atom. The molecule has 0 bridgehead atoms. The predicted octanol–water partition coefficient (Wildman–Crippen LogP) is 4.68. The maximum Gasteiger partial charge on any atom is 0.257 e. The summed E-state index contributed by atoms with van der Waals surface area (Å²) < 4.78 is 0. The van der Waals surface area contributed by atoms with Gasteiger partial charge in [-0.1, -0.05) is 30.3 Å². The van der Waals surface area contributed by atoms with Crippen LogP contribution in [0.3, 0.4) is 0 Å². The first-order valence-corrected chi connectivity index (χ1v) is 11.0. The molecule has 2 heterocycles. The zero-order chi connectivity index (χ0) is 18.6. The summed E-state index contributed by atoms with van der Waals surface area (Å²) >= 11 is 3.26. The van der Waals surface area contributed by atoms with Gasteiger partial charge in [0, 0.05) is 41.4 Å². The van der Waals surface area contributed by atoms with E-state index in [2.05, 4.69) is 39.5 Å². The molecule has 27 heavy (non-hydrogen) atoms. The van der Waals surface area contributed by atoms with Crippen molar-refractivity contribution in [3.05, 3.63) is 76.3 Å². The summed E-state index contributed by atoms with van der Waals surface area (Å²) in [7, 11) is 0. The smallest absolute Gasteiger partial charge is 0.257 e. The lowest BCUT2D eigenvalue weighted by atomic mass is 10.1. The van der Waals surface area contributed by atoms with Crippen LogP contribution in [0, 0.1) is 0 Å². The number of anilines is 1. The van der Waals surface area contributed by atoms with Gasteiger partial charge in [0.1, 0.15) is 0 Å². The molecule has 0 atom stereocenters. The van der Waals surface area contributed by atoms with Crippen LogP contribution in [0.15, 0.2) is 59.5 Å². The molecule has 0 radical (unpaired) electrons. The normalized spacial score (nSPS) is 14.0. The second-order valence-corrected chi connectivity index (χ2v) is 8.48. The number of nitrogens with one attached hydrogen (secondary N) is 1. The molecule has 1 amide bonds. The van der Waals surface area contributed by atoms with Crippen LogP contribution in [-0.4, -0.2) is 28.6 Å². The predicted molar refractivity (Wildman–Crippen MR) is 113 cm³/mol. The van der Waals surface area contributed by atoms with Gasteiger partial charge in [-0.3, -0.25) is 15.0 Å². The maximum atomic E-state index is 12.5. The van der Waals surface area contributed by atoms with Gasteiger partial charge >= 0.3 is 0 Å². The molecule has 4 nitrogen and oxygen atoms in total. The van der Waals surface area contributed by atoms with Crippen molar-refractivity contribution >= 4 is 34.1 Å². The van der Waals surface area contributed by atoms with E-state index in [1.54, 1.807) is 23.1 Å². The number of aromatic nitrogens is 1. The van der Waals surface area contributed by atoms with Gasteiger partial charge < -0.3 is 0 Å². The second kappa shape index (κ2) is 8.25. The molecule has 3 aromatic rings. The second-order valence-electron chi connectivity index (χ2n) is 6.52. The van der Waals surface area contributed by atoms with Crippen molar-refractivity contribution in [2.75, 3.05) is 18.1 Å². The molecule has 2 aromatic carbocycles. The molecule has 6 heteroatoms. The van der Waals surface area contributed by atoms with Gasteiger partial charge in [-0.05, 0) is 36.1 Å². The Hall–Kier alpha value is -2.15. The quantitative estimate of drug-likeness (QED) is 0.638. The van der Waals surface area contributed by atoms with Crippen LogP contribution in [0.25, 0.3) is 0 Å².